The van der Waals surface area contributed by atoms with Crippen LogP contribution < -0.4 is 0 Å². The Balaban J connectivity index is 2.36. The molecule has 0 bridgehead atoms. The first kappa shape index (κ1) is 10.6. The van der Waals surface area contributed by atoms with Gasteiger partial charge in [0.2, 0.25) is 5.91 Å². The highest BCUT2D eigenvalue weighted by Gasteiger charge is 2.22. The Hall–Kier alpha value is -0.530. The van der Waals surface area contributed by atoms with Gasteiger partial charge in [-0.25, -0.2) is 0 Å². The van der Waals surface area contributed by atoms with Gasteiger partial charge in [0.15, 0.2) is 0 Å². The fourth-order valence-electron chi connectivity index (χ4n) is 1.81. The topological polar surface area (TPSA) is 20.3 Å². The summed E-state index contributed by atoms with van der Waals surface area (Å²) >= 11 is 0. The summed E-state index contributed by atoms with van der Waals surface area (Å²) in [5, 5.41) is 0. The van der Waals surface area contributed by atoms with Gasteiger partial charge in [0.25, 0.3) is 0 Å². The Morgan fingerprint density at radius 3 is 2.38 bits per heavy atom. The summed E-state index contributed by atoms with van der Waals surface area (Å²) in [5.41, 5.74) is 0. The van der Waals surface area contributed by atoms with Crippen LogP contribution in [-0.4, -0.2) is 23.9 Å². The summed E-state index contributed by atoms with van der Waals surface area (Å²) in [6, 6.07) is 0. The second-order valence-corrected chi connectivity index (χ2v) is 4.21. The fraction of sp³-hybridized carbons (Fsp3) is 0.818. The Morgan fingerprint density at radius 1 is 1.46 bits per heavy atom. The first-order valence-electron chi connectivity index (χ1n) is 5.23. The van der Waals surface area contributed by atoms with Gasteiger partial charge in [-0.3, -0.25) is 4.79 Å². The lowest BCUT2D eigenvalue weighted by Crippen LogP contribution is -2.40. The molecule has 0 atom stereocenters. The van der Waals surface area contributed by atoms with Crippen molar-refractivity contribution in [1.82, 2.24) is 4.90 Å². The number of nitrogens with zero attached hydrogens (tertiary/aromatic N) is 1. The maximum absolute atomic E-state index is 11.6. The van der Waals surface area contributed by atoms with Crippen molar-refractivity contribution in [1.29, 1.82) is 0 Å². The summed E-state index contributed by atoms with van der Waals surface area (Å²) in [6.07, 6.45) is 3.30. The highest BCUT2D eigenvalue weighted by atomic mass is 16.2. The van der Waals surface area contributed by atoms with Crippen LogP contribution in [0.3, 0.4) is 0 Å². The van der Waals surface area contributed by atoms with Crippen molar-refractivity contribution < 1.29 is 4.79 Å². The van der Waals surface area contributed by atoms with Gasteiger partial charge in [0.05, 0.1) is 0 Å². The van der Waals surface area contributed by atoms with Crippen LogP contribution in [0.2, 0.25) is 0 Å². The smallest absolute Gasteiger partial charge is 0.225 e. The second kappa shape index (κ2) is 4.64. The minimum atomic E-state index is 0.149. The molecule has 2 nitrogen and oxygen atoms in total. The fourth-order valence-corrected chi connectivity index (χ4v) is 1.81. The number of piperidine rings is 1. The van der Waals surface area contributed by atoms with Gasteiger partial charge in [-0.2, -0.15) is 0 Å². The molecule has 1 amide bonds. The molecular weight excluding hydrogens is 162 g/mol. The molecule has 0 aromatic heterocycles. The maximum Gasteiger partial charge on any atom is 0.225 e. The molecule has 75 valence electrons. The van der Waals surface area contributed by atoms with E-state index in [2.05, 4.69) is 6.92 Å². The third-order valence-corrected chi connectivity index (χ3v) is 2.83. The molecule has 0 aliphatic carbocycles. The summed E-state index contributed by atoms with van der Waals surface area (Å²) in [5.74, 6) is 1.20. The first-order valence-corrected chi connectivity index (χ1v) is 5.23. The van der Waals surface area contributed by atoms with Crippen LogP contribution >= 0.6 is 0 Å². The van der Waals surface area contributed by atoms with Crippen LogP contribution in [0, 0.1) is 18.8 Å². The highest BCUT2D eigenvalue weighted by Crippen LogP contribution is 2.20. The Kier molecular flexibility index (Phi) is 3.76. The standard InChI is InChI=1S/C11H20NO/c1-4-10-5-7-12(8-6-10)11(13)9(2)3/h9-10H,1,4-8H2,2-3H3. The summed E-state index contributed by atoms with van der Waals surface area (Å²) in [7, 11) is 0. The predicted octanol–water partition coefficient (Wildman–Crippen LogP) is 2.11. The Labute approximate surface area is 81.3 Å². The molecule has 0 aromatic carbocycles. The van der Waals surface area contributed by atoms with E-state index in [1.165, 1.54) is 0 Å². The number of hydrogen-bond acceptors (Lipinski definition) is 1. The molecule has 0 N–H and O–H groups in total. The van der Waals surface area contributed by atoms with Gasteiger partial charge < -0.3 is 4.90 Å². The number of rotatable bonds is 2. The molecule has 1 aliphatic rings. The monoisotopic (exact) mass is 182 g/mol. The van der Waals surface area contributed by atoms with Crippen molar-refractivity contribution in [2.24, 2.45) is 11.8 Å². The normalized spacial score (nSPS) is 19.5. The van der Waals surface area contributed by atoms with Crippen molar-refractivity contribution >= 4 is 5.91 Å². The van der Waals surface area contributed by atoms with Crippen LogP contribution in [0.25, 0.3) is 0 Å². The molecule has 13 heavy (non-hydrogen) atoms. The van der Waals surface area contributed by atoms with Gasteiger partial charge in [0, 0.05) is 19.0 Å². The Bertz CT molecular complexity index is 169. The number of hydrogen-bond donors (Lipinski definition) is 0. The van der Waals surface area contributed by atoms with Crippen molar-refractivity contribution in [2.45, 2.75) is 33.1 Å². The lowest BCUT2D eigenvalue weighted by atomic mass is 9.94. The Morgan fingerprint density at radius 2 is 2.00 bits per heavy atom. The zero-order valence-corrected chi connectivity index (χ0v) is 8.75. The van der Waals surface area contributed by atoms with Crippen LogP contribution in [0.5, 0.6) is 0 Å². The first-order chi connectivity index (χ1) is 6.15. The summed E-state index contributed by atoms with van der Waals surface area (Å²) < 4.78 is 0. The van der Waals surface area contributed by atoms with Crippen LogP contribution in [0.4, 0.5) is 0 Å². The van der Waals surface area contributed by atoms with Crippen molar-refractivity contribution in [3.05, 3.63) is 6.92 Å². The van der Waals surface area contributed by atoms with E-state index >= 15 is 0 Å². The number of carbonyl (C=O) groups excluding carboxylic acids is 1. The van der Waals surface area contributed by atoms with Gasteiger partial charge in [-0.15, -0.1) is 0 Å². The highest BCUT2D eigenvalue weighted by molar-refractivity contribution is 5.78. The molecule has 1 saturated heterocycles. The van der Waals surface area contributed by atoms with E-state index in [4.69, 9.17) is 0 Å². The number of likely N-dealkylation sites (tertiary alicyclic amines) is 1. The minimum Gasteiger partial charge on any atom is -0.342 e. The number of carbonyl (C=O) groups is 1. The zero-order chi connectivity index (χ0) is 9.84. The molecule has 1 radical (unpaired) electrons. The molecule has 1 fully saturated rings. The van der Waals surface area contributed by atoms with E-state index in [1.807, 2.05) is 18.7 Å². The van der Waals surface area contributed by atoms with E-state index in [0.717, 1.165) is 38.3 Å². The van der Waals surface area contributed by atoms with E-state index < -0.39 is 0 Å². The zero-order valence-electron chi connectivity index (χ0n) is 8.75. The third-order valence-electron chi connectivity index (χ3n) is 2.83. The molecule has 0 saturated carbocycles. The van der Waals surface area contributed by atoms with E-state index in [9.17, 15) is 4.79 Å². The summed E-state index contributed by atoms with van der Waals surface area (Å²) in [4.78, 5) is 13.6. The number of amides is 1. The lowest BCUT2D eigenvalue weighted by molar-refractivity contribution is -0.135. The minimum absolute atomic E-state index is 0.149. The van der Waals surface area contributed by atoms with Crippen LogP contribution in [-0.2, 0) is 4.79 Å². The van der Waals surface area contributed by atoms with Gasteiger partial charge >= 0.3 is 0 Å². The average molecular weight is 182 g/mol. The summed E-state index contributed by atoms with van der Waals surface area (Å²) in [6.45, 7) is 9.73. The third kappa shape index (κ3) is 2.71. The SMILES string of the molecule is [CH2]CC1CCN(C(=O)C(C)C)CC1. The molecular formula is C11H20NO. The van der Waals surface area contributed by atoms with Crippen molar-refractivity contribution in [2.75, 3.05) is 13.1 Å². The van der Waals surface area contributed by atoms with E-state index in [1.54, 1.807) is 0 Å². The molecule has 1 heterocycles. The molecule has 1 aliphatic heterocycles. The van der Waals surface area contributed by atoms with Crippen LogP contribution in [0.15, 0.2) is 0 Å². The molecule has 0 unspecified atom stereocenters. The van der Waals surface area contributed by atoms with Gasteiger partial charge in [-0.05, 0) is 18.8 Å². The largest absolute Gasteiger partial charge is 0.342 e. The molecule has 2 heteroatoms. The van der Waals surface area contributed by atoms with Crippen LogP contribution in [0.1, 0.15) is 33.1 Å². The van der Waals surface area contributed by atoms with Gasteiger partial charge in [-0.1, -0.05) is 27.2 Å². The average Bonchev–Trinajstić information content (AvgIpc) is 2.17. The quantitative estimate of drug-likeness (QED) is 0.640. The maximum atomic E-state index is 11.6. The van der Waals surface area contributed by atoms with E-state index in [-0.39, 0.29) is 5.92 Å². The molecule has 0 aromatic rings. The molecule has 1 rings (SSSR count). The second-order valence-electron chi connectivity index (χ2n) is 4.21. The van der Waals surface area contributed by atoms with Crippen molar-refractivity contribution in [3.63, 3.8) is 0 Å². The van der Waals surface area contributed by atoms with E-state index in [0.29, 0.717) is 5.91 Å². The molecule has 0 spiro atoms. The predicted molar refractivity (Wildman–Crippen MR) is 54.1 cm³/mol. The van der Waals surface area contributed by atoms with Gasteiger partial charge in [0.1, 0.15) is 0 Å². The van der Waals surface area contributed by atoms with Crippen molar-refractivity contribution in [3.8, 4) is 0 Å². The lowest BCUT2D eigenvalue weighted by Gasteiger charge is -2.32.